The molecular weight excluding hydrogens is 666 g/mol. The van der Waals surface area contributed by atoms with Crippen LogP contribution in [-0.4, -0.2) is 99.2 Å². The van der Waals surface area contributed by atoms with Crippen molar-refractivity contribution in [3.8, 4) is 22.8 Å². The summed E-state index contributed by atoms with van der Waals surface area (Å²) in [7, 11) is 2.07. The van der Waals surface area contributed by atoms with Crippen molar-refractivity contribution in [1.29, 1.82) is 0 Å². The molecule has 10 nitrogen and oxygen atoms in total. The van der Waals surface area contributed by atoms with Crippen molar-refractivity contribution in [1.82, 2.24) is 29.5 Å². The number of benzene rings is 2. The minimum atomic E-state index is -0.579. The van der Waals surface area contributed by atoms with E-state index in [9.17, 15) is 9.59 Å². The lowest BCUT2D eigenvalue weighted by atomic mass is 9.97. The van der Waals surface area contributed by atoms with Gasteiger partial charge in [-0.3, -0.25) is 0 Å². The van der Waals surface area contributed by atoms with Gasteiger partial charge in [-0.1, -0.05) is 24.3 Å². The highest BCUT2D eigenvalue weighted by molar-refractivity contribution is 5.76. The van der Waals surface area contributed by atoms with Crippen molar-refractivity contribution in [3.05, 3.63) is 71.3 Å². The molecule has 2 amide bonds. The Morgan fingerprint density at radius 1 is 0.692 bits per heavy atom. The van der Waals surface area contributed by atoms with Gasteiger partial charge in [-0.15, -0.1) is 10.2 Å². The molecule has 3 aromatic rings. The third kappa shape index (κ3) is 8.54. The molecular formula is C40H50F2N6O4. The van der Waals surface area contributed by atoms with Crippen LogP contribution in [0.25, 0.3) is 33.9 Å². The van der Waals surface area contributed by atoms with E-state index in [2.05, 4.69) is 22.1 Å². The minimum absolute atomic E-state index is 0.0471. The molecule has 0 atom stereocenters. The van der Waals surface area contributed by atoms with E-state index in [1.807, 2.05) is 70.4 Å². The number of carbonyl (C=O) groups excluding carboxylic acids is 2. The molecule has 2 aromatic carbocycles. The standard InChI is InChI=1S/C40H50F2N6O4/c1-39(2,3)51-37(49)46-20-12-26(13-21-46)28-8-10-31(33(41)24-28)35-43-44-36(48(35)30-16-18-45(7)19-17-30)32-11-9-29(25-34(32)42)27-14-22-47(23-15-27)38(50)52-40(4,5)6/h8-12,14,24-25,30H,13,15-23H2,1-7H3. The van der Waals surface area contributed by atoms with E-state index in [0.29, 0.717) is 61.8 Å². The molecule has 0 bridgehead atoms. The van der Waals surface area contributed by atoms with Gasteiger partial charge in [0.15, 0.2) is 11.6 Å². The zero-order chi connectivity index (χ0) is 37.4. The smallest absolute Gasteiger partial charge is 0.410 e. The molecule has 1 aromatic heterocycles. The number of carbonyl (C=O) groups is 2. The van der Waals surface area contributed by atoms with E-state index >= 15 is 8.78 Å². The summed E-state index contributed by atoms with van der Waals surface area (Å²) >= 11 is 0. The summed E-state index contributed by atoms with van der Waals surface area (Å²) < 4.78 is 45.1. The predicted molar refractivity (Wildman–Crippen MR) is 197 cm³/mol. The van der Waals surface area contributed by atoms with Crippen molar-refractivity contribution in [2.75, 3.05) is 46.3 Å². The molecule has 1 saturated heterocycles. The summed E-state index contributed by atoms with van der Waals surface area (Å²) in [5.74, 6) is -0.158. The first-order valence-electron chi connectivity index (χ1n) is 18.1. The molecule has 0 radical (unpaired) electrons. The van der Waals surface area contributed by atoms with Crippen molar-refractivity contribution in [3.63, 3.8) is 0 Å². The molecule has 52 heavy (non-hydrogen) atoms. The summed E-state index contributed by atoms with van der Waals surface area (Å²) in [6.07, 6.45) is 5.87. The van der Waals surface area contributed by atoms with Crippen molar-refractivity contribution >= 4 is 23.3 Å². The Kier molecular flexibility index (Phi) is 10.6. The summed E-state index contributed by atoms with van der Waals surface area (Å²) in [5.41, 5.74) is 2.83. The number of likely N-dealkylation sites (tertiary alicyclic amines) is 1. The van der Waals surface area contributed by atoms with E-state index in [-0.39, 0.29) is 18.2 Å². The van der Waals surface area contributed by atoms with Gasteiger partial charge in [0.2, 0.25) is 0 Å². The molecule has 6 rings (SSSR count). The zero-order valence-electron chi connectivity index (χ0n) is 31.3. The molecule has 0 spiro atoms. The van der Waals surface area contributed by atoms with Gasteiger partial charge in [-0.25, -0.2) is 18.4 Å². The summed E-state index contributed by atoms with van der Waals surface area (Å²) in [4.78, 5) is 30.6. The quantitative estimate of drug-likeness (QED) is 0.263. The summed E-state index contributed by atoms with van der Waals surface area (Å²) in [5, 5.41) is 8.96. The highest BCUT2D eigenvalue weighted by atomic mass is 19.1. The number of aromatic nitrogens is 3. The van der Waals surface area contributed by atoms with Crippen LogP contribution in [0.5, 0.6) is 0 Å². The molecule has 0 saturated carbocycles. The first-order chi connectivity index (χ1) is 24.6. The normalized spacial score (nSPS) is 17.9. The van der Waals surface area contributed by atoms with Gasteiger partial charge in [-0.05, 0) is 134 Å². The number of hydrogen-bond donors (Lipinski definition) is 0. The van der Waals surface area contributed by atoms with Crippen LogP contribution in [0.2, 0.25) is 0 Å². The Hall–Kier alpha value is -4.58. The van der Waals surface area contributed by atoms with E-state index in [4.69, 9.17) is 9.47 Å². The second kappa shape index (κ2) is 14.8. The maximum absolute atomic E-state index is 16.1. The van der Waals surface area contributed by atoms with Gasteiger partial charge in [0.25, 0.3) is 0 Å². The lowest BCUT2D eigenvalue weighted by Gasteiger charge is -2.31. The maximum atomic E-state index is 16.1. The number of amides is 2. The van der Waals surface area contributed by atoms with Crippen LogP contribution in [0.3, 0.4) is 0 Å². The number of nitrogens with zero attached hydrogens (tertiary/aromatic N) is 6. The Labute approximate surface area is 305 Å². The fraction of sp³-hybridized carbons (Fsp3) is 0.500. The van der Waals surface area contributed by atoms with E-state index in [1.54, 1.807) is 21.9 Å². The third-order valence-corrected chi connectivity index (χ3v) is 9.63. The predicted octanol–water partition coefficient (Wildman–Crippen LogP) is 8.21. The Bertz CT molecular complexity index is 1760. The van der Waals surface area contributed by atoms with Gasteiger partial charge in [0.1, 0.15) is 22.8 Å². The molecule has 0 unspecified atom stereocenters. The first-order valence-corrected chi connectivity index (χ1v) is 18.1. The largest absolute Gasteiger partial charge is 0.444 e. The number of halogens is 2. The lowest BCUT2D eigenvalue weighted by molar-refractivity contribution is 0.0260. The second-order valence-corrected chi connectivity index (χ2v) is 16.0. The van der Waals surface area contributed by atoms with Crippen LogP contribution >= 0.6 is 0 Å². The van der Waals surface area contributed by atoms with Crippen LogP contribution in [0.15, 0.2) is 48.6 Å². The van der Waals surface area contributed by atoms with Crippen LogP contribution in [0.1, 0.15) is 84.4 Å². The maximum Gasteiger partial charge on any atom is 0.410 e. The van der Waals surface area contributed by atoms with Gasteiger partial charge < -0.3 is 28.7 Å². The van der Waals surface area contributed by atoms with Gasteiger partial charge >= 0.3 is 12.2 Å². The zero-order valence-corrected chi connectivity index (χ0v) is 31.3. The van der Waals surface area contributed by atoms with Crippen LogP contribution in [0.4, 0.5) is 18.4 Å². The van der Waals surface area contributed by atoms with Crippen LogP contribution in [0, 0.1) is 11.6 Å². The lowest BCUT2D eigenvalue weighted by Crippen LogP contribution is -2.39. The van der Waals surface area contributed by atoms with Gasteiger partial charge in [0, 0.05) is 32.2 Å². The van der Waals surface area contributed by atoms with Crippen LogP contribution < -0.4 is 0 Å². The van der Waals surface area contributed by atoms with E-state index in [1.165, 1.54) is 12.1 Å². The number of rotatable bonds is 5. The number of hydrogen-bond acceptors (Lipinski definition) is 7. The highest BCUT2D eigenvalue weighted by Gasteiger charge is 2.30. The Balaban J connectivity index is 1.26. The van der Waals surface area contributed by atoms with Crippen molar-refractivity contribution in [2.24, 2.45) is 0 Å². The Morgan fingerprint density at radius 3 is 1.46 bits per heavy atom. The highest BCUT2D eigenvalue weighted by Crippen LogP contribution is 2.37. The van der Waals surface area contributed by atoms with Gasteiger partial charge in [0.05, 0.1) is 11.1 Å². The molecule has 3 aliphatic heterocycles. The monoisotopic (exact) mass is 716 g/mol. The fourth-order valence-corrected chi connectivity index (χ4v) is 6.90. The average molecular weight is 717 g/mol. The summed E-state index contributed by atoms with van der Waals surface area (Å²) in [6.45, 7) is 14.4. The number of ether oxygens (including phenoxy) is 2. The molecule has 278 valence electrons. The molecule has 0 N–H and O–H groups in total. The summed E-state index contributed by atoms with van der Waals surface area (Å²) in [6, 6.07) is 10.2. The van der Waals surface area contributed by atoms with E-state index in [0.717, 1.165) is 48.2 Å². The second-order valence-electron chi connectivity index (χ2n) is 16.0. The molecule has 4 heterocycles. The van der Waals surface area contributed by atoms with Crippen molar-refractivity contribution < 1.29 is 27.8 Å². The number of piperidine rings is 1. The minimum Gasteiger partial charge on any atom is -0.444 e. The third-order valence-electron chi connectivity index (χ3n) is 9.63. The average Bonchev–Trinajstić information content (AvgIpc) is 3.51. The fourth-order valence-electron chi connectivity index (χ4n) is 6.90. The first kappa shape index (κ1) is 37.2. The van der Waals surface area contributed by atoms with E-state index < -0.39 is 22.8 Å². The topological polar surface area (TPSA) is 93.0 Å². The SMILES string of the molecule is CN1CCC(n2c(-c3ccc(C4=CCN(C(=O)OC(C)(C)C)CC4)cc3F)nnc2-c2ccc(C3=CCN(C(=O)OC(C)(C)C)CC3)cc2F)CC1. The molecule has 3 aliphatic rings. The molecule has 12 heteroatoms. The Morgan fingerprint density at radius 2 is 1.12 bits per heavy atom. The molecule has 1 fully saturated rings. The van der Waals surface area contributed by atoms with Crippen LogP contribution in [-0.2, 0) is 9.47 Å². The van der Waals surface area contributed by atoms with Gasteiger partial charge in [-0.2, -0.15) is 0 Å². The molecule has 0 aliphatic carbocycles. The van der Waals surface area contributed by atoms with Crippen molar-refractivity contribution in [2.45, 2.75) is 84.5 Å².